The molecule has 2 aromatic heterocycles. The Morgan fingerprint density at radius 3 is 2.44 bits per heavy atom. The largest absolute Gasteiger partial charge is 0.478 e. The minimum atomic E-state index is -0.971. The van der Waals surface area contributed by atoms with Crippen molar-refractivity contribution in [2.24, 2.45) is 5.73 Å². The predicted octanol–water partition coefficient (Wildman–Crippen LogP) is 4.99. The third-order valence-corrected chi connectivity index (χ3v) is 4.12. The summed E-state index contributed by atoms with van der Waals surface area (Å²) >= 11 is 5.63. The lowest BCUT2D eigenvalue weighted by molar-refractivity contribution is 0.0699. The molecule has 0 aliphatic carbocycles. The summed E-state index contributed by atoms with van der Waals surface area (Å²) in [5, 5.41) is 10.6. The van der Waals surface area contributed by atoms with Gasteiger partial charge in [0.1, 0.15) is 5.69 Å². The van der Waals surface area contributed by atoms with Crippen LogP contribution in [0.1, 0.15) is 15.9 Å². The van der Waals surface area contributed by atoms with Gasteiger partial charge in [0.25, 0.3) is 0 Å². The van der Waals surface area contributed by atoms with Crippen LogP contribution in [0.2, 0.25) is 5.02 Å². The van der Waals surface area contributed by atoms with E-state index in [-0.39, 0.29) is 5.56 Å². The van der Waals surface area contributed by atoms with Crippen LogP contribution in [0.5, 0.6) is 0 Å². The van der Waals surface area contributed by atoms with Gasteiger partial charge >= 0.3 is 5.97 Å². The molecule has 0 aliphatic heterocycles. The normalized spacial score (nSPS) is 10.3. The van der Waals surface area contributed by atoms with Gasteiger partial charge < -0.3 is 15.3 Å². The van der Waals surface area contributed by atoms with E-state index in [2.05, 4.69) is 4.98 Å². The molecule has 4 aromatic rings. The lowest BCUT2D eigenvalue weighted by atomic mass is 10.1. The summed E-state index contributed by atoms with van der Waals surface area (Å²) in [6, 6.07) is 19.7. The Balaban J connectivity index is 0.000000197. The number of nitrogens with two attached hydrogens (primary N) is 1. The highest BCUT2D eigenvalue weighted by atomic mass is 35.5. The highest BCUT2D eigenvalue weighted by molar-refractivity contribution is 6.30. The molecule has 2 aromatic carbocycles. The van der Waals surface area contributed by atoms with E-state index in [0.29, 0.717) is 28.9 Å². The van der Waals surface area contributed by atoms with Gasteiger partial charge in [-0.2, -0.15) is 0 Å². The number of para-hydroxylation sites is 1. The lowest BCUT2D eigenvalue weighted by Gasteiger charge is -2.04. The number of hydrogen-bond acceptors (Lipinski definition) is 4. The van der Waals surface area contributed by atoms with Gasteiger partial charge in [-0.3, -0.25) is 0 Å². The van der Waals surface area contributed by atoms with Crippen molar-refractivity contribution in [3.8, 4) is 11.5 Å². The molecule has 0 saturated heterocycles. The third-order valence-electron chi connectivity index (χ3n) is 3.87. The van der Waals surface area contributed by atoms with Crippen molar-refractivity contribution in [1.29, 1.82) is 0 Å². The Hall–Kier alpha value is -3.15. The summed E-state index contributed by atoms with van der Waals surface area (Å²) in [5.74, 6) is -0.412. The smallest absolute Gasteiger partial charge is 0.336 e. The number of aromatic nitrogens is 1. The molecule has 0 bridgehead atoms. The minimum absolute atomic E-state index is 0.229. The van der Waals surface area contributed by atoms with E-state index >= 15 is 0 Å². The van der Waals surface area contributed by atoms with Crippen molar-refractivity contribution in [1.82, 2.24) is 4.98 Å². The second-order valence-corrected chi connectivity index (χ2v) is 6.12. The number of benzene rings is 2. The highest BCUT2D eigenvalue weighted by Gasteiger charge is 2.13. The molecule has 0 unspecified atom stereocenters. The predicted molar refractivity (Wildman–Crippen MR) is 106 cm³/mol. The first kappa shape index (κ1) is 18.6. The monoisotopic (exact) mass is 380 g/mol. The maximum Gasteiger partial charge on any atom is 0.336 e. The molecule has 0 saturated carbocycles. The molecule has 6 heteroatoms. The van der Waals surface area contributed by atoms with Crippen LogP contribution in [0.25, 0.3) is 22.4 Å². The van der Waals surface area contributed by atoms with Gasteiger partial charge in [0.05, 0.1) is 17.3 Å². The number of carboxylic acid groups (broad SMARTS) is 1. The maximum absolute atomic E-state index is 11.3. The van der Waals surface area contributed by atoms with Crippen molar-refractivity contribution in [2.45, 2.75) is 6.54 Å². The molecular weight excluding hydrogens is 364 g/mol. The molecular formula is C21H17ClN2O3. The molecule has 0 fully saturated rings. The number of fused-ring (bicyclic) bond motifs is 1. The number of carboxylic acids is 1. The molecule has 136 valence electrons. The van der Waals surface area contributed by atoms with Crippen LogP contribution in [0.3, 0.4) is 0 Å². The van der Waals surface area contributed by atoms with E-state index in [0.717, 1.165) is 10.6 Å². The zero-order chi connectivity index (χ0) is 19.2. The fraction of sp³-hybridized carbons (Fsp3) is 0.0476. The maximum atomic E-state index is 11.3. The van der Waals surface area contributed by atoms with Gasteiger partial charge in [0, 0.05) is 17.0 Å². The quantitative estimate of drug-likeness (QED) is 0.522. The average Bonchev–Trinajstić information content (AvgIpc) is 3.23. The van der Waals surface area contributed by atoms with Crippen molar-refractivity contribution in [3.05, 3.63) is 89.1 Å². The summed E-state index contributed by atoms with van der Waals surface area (Å²) in [4.78, 5) is 15.7. The Labute approximate surface area is 161 Å². The number of nitrogens with zero attached hydrogens (tertiary/aromatic N) is 1. The van der Waals surface area contributed by atoms with E-state index in [1.165, 1.54) is 12.3 Å². The summed E-state index contributed by atoms with van der Waals surface area (Å²) in [6.07, 6.45) is 1.53. The number of rotatable bonds is 3. The fourth-order valence-electron chi connectivity index (χ4n) is 2.52. The Bertz CT molecular complexity index is 1040. The first-order chi connectivity index (χ1) is 13.1. The molecule has 0 atom stereocenters. The number of hydrogen-bond donors (Lipinski definition) is 2. The van der Waals surface area contributed by atoms with Crippen LogP contribution in [-0.4, -0.2) is 16.1 Å². The first-order valence-electron chi connectivity index (χ1n) is 8.20. The number of carbonyl (C=O) groups is 1. The number of furan rings is 1. The van der Waals surface area contributed by atoms with E-state index in [9.17, 15) is 9.90 Å². The second kappa shape index (κ2) is 8.49. The van der Waals surface area contributed by atoms with Crippen LogP contribution in [0.15, 0.2) is 77.4 Å². The van der Waals surface area contributed by atoms with E-state index in [1.54, 1.807) is 30.3 Å². The highest BCUT2D eigenvalue weighted by Crippen LogP contribution is 2.25. The zero-order valence-electron chi connectivity index (χ0n) is 14.3. The standard InChI is InChI=1S/C14H9NO3.C7H8ClN/c16-14(17)10-8-12(13-6-3-7-18-13)15-11-5-2-1-4-9(10)11;8-7-3-1-6(5-9)2-4-7/h1-8H,(H,16,17);1-4H,5,9H2. The molecule has 0 aliphatic rings. The van der Waals surface area contributed by atoms with Crippen molar-refractivity contribution >= 4 is 28.5 Å². The summed E-state index contributed by atoms with van der Waals surface area (Å²) in [6.45, 7) is 0.581. The summed E-state index contributed by atoms with van der Waals surface area (Å²) in [5.41, 5.74) is 7.86. The van der Waals surface area contributed by atoms with E-state index in [1.807, 2.05) is 30.3 Å². The van der Waals surface area contributed by atoms with Gasteiger partial charge in [-0.1, -0.05) is 41.9 Å². The van der Waals surface area contributed by atoms with Crippen LogP contribution in [0.4, 0.5) is 0 Å². The summed E-state index contributed by atoms with van der Waals surface area (Å²) in [7, 11) is 0. The van der Waals surface area contributed by atoms with Crippen LogP contribution in [0, 0.1) is 0 Å². The molecule has 2 heterocycles. The average molecular weight is 381 g/mol. The number of halogens is 1. The lowest BCUT2D eigenvalue weighted by Crippen LogP contribution is -1.99. The second-order valence-electron chi connectivity index (χ2n) is 5.69. The molecule has 3 N–H and O–H groups in total. The van der Waals surface area contributed by atoms with Gasteiger partial charge in [0.15, 0.2) is 5.76 Å². The van der Waals surface area contributed by atoms with Crippen molar-refractivity contribution in [3.63, 3.8) is 0 Å². The molecule has 0 amide bonds. The molecule has 0 spiro atoms. The van der Waals surface area contributed by atoms with Crippen LogP contribution in [-0.2, 0) is 6.54 Å². The van der Waals surface area contributed by atoms with Gasteiger partial charge in [0.2, 0.25) is 0 Å². The van der Waals surface area contributed by atoms with Crippen LogP contribution < -0.4 is 5.73 Å². The van der Waals surface area contributed by atoms with Crippen LogP contribution >= 0.6 is 11.6 Å². The molecule has 5 nitrogen and oxygen atoms in total. The van der Waals surface area contributed by atoms with Crippen molar-refractivity contribution in [2.75, 3.05) is 0 Å². The fourth-order valence-corrected chi connectivity index (χ4v) is 2.65. The number of aromatic carboxylic acids is 1. The molecule has 0 radical (unpaired) electrons. The van der Waals surface area contributed by atoms with Crippen molar-refractivity contribution < 1.29 is 14.3 Å². The Morgan fingerprint density at radius 2 is 1.81 bits per heavy atom. The van der Waals surface area contributed by atoms with Gasteiger partial charge in [-0.15, -0.1) is 0 Å². The topological polar surface area (TPSA) is 89.4 Å². The first-order valence-corrected chi connectivity index (χ1v) is 8.57. The van der Waals surface area contributed by atoms with E-state index in [4.69, 9.17) is 21.8 Å². The zero-order valence-corrected chi connectivity index (χ0v) is 15.1. The molecule has 4 rings (SSSR count). The Kier molecular flexibility index (Phi) is 5.86. The SMILES string of the molecule is NCc1ccc(Cl)cc1.O=C(O)c1cc(-c2ccco2)nc2ccccc12. The minimum Gasteiger partial charge on any atom is -0.478 e. The van der Waals surface area contributed by atoms with Gasteiger partial charge in [-0.05, 0) is 42.0 Å². The van der Waals surface area contributed by atoms with E-state index < -0.39 is 5.97 Å². The third kappa shape index (κ3) is 4.53. The number of pyridine rings is 1. The summed E-state index contributed by atoms with van der Waals surface area (Å²) < 4.78 is 5.25. The van der Waals surface area contributed by atoms with Gasteiger partial charge in [-0.25, -0.2) is 9.78 Å². The molecule has 27 heavy (non-hydrogen) atoms. The Morgan fingerprint density at radius 1 is 1.07 bits per heavy atom.